The number of likely N-dealkylation sites (N-methyl/N-ethyl adjacent to an activating group) is 1. The zero-order valence-electron chi connectivity index (χ0n) is 12.7. The number of rotatable bonds is 4. The molecule has 2 N–H and O–H groups in total. The highest BCUT2D eigenvalue weighted by Gasteiger charge is 2.37. The molecule has 0 aromatic heterocycles. The highest BCUT2D eigenvalue weighted by molar-refractivity contribution is 14.0. The van der Waals surface area contributed by atoms with E-state index in [0.717, 1.165) is 32.0 Å². The number of carbonyl (C=O) groups is 1. The summed E-state index contributed by atoms with van der Waals surface area (Å²) in [5.41, 5.74) is 0.432. The Bertz CT molecular complexity index is 368. The number of guanidine groups is 1. The van der Waals surface area contributed by atoms with E-state index in [2.05, 4.69) is 29.5 Å². The van der Waals surface area contributed by atoms with E-state index < -0.39 is 0 Å². The normalized spacial score (nSPS) is 24.9. The van der Waals surface area contributed by atoms with E-state index in [1.807, 2.05) is 7.05 Å². The third-order valence-corrected chi connectivity index (χ3v) is 4.03. The van der Waals surface area contributed by atoms with Gasteiger partial charge in [0.15, 0.2) is 5.96 Å². The fourth-order valence-electron chi connectivity index (χ4n) is 2.28. The second-order valence-electron chi connectivity index (χ2n) is 6.16. The zero-order valence-corrected chi connectivity index (χ0v) is 15.1. The minimum absolute atomic E-state index is 0. The topological polar surface area (TPSA) is 56.7 Å². The molecule has 1 amide bonds. The lowest BCUT2D eigenvalue weighted by molar-refractivity contribution is -0.132. The first-order valence-electron chi connectivity index (χ1n) is 7.31. The van der Waals surface area contributed by atoms with Gasteiger partial charge in [0.2, 0.25) is 5.91 Å². The summed E-state index contributed by atoms with van der Waals surface area (Å²) in [7, 11) is 1.87. The Morgan fingerprint density at radius 3 is 2.75 bits per heavy atom. The predicted molar refractivity (Wildman–Crippen MR) is 92.5 cm³/mol. The highest BCUT2D eigenvalue weighted by Crippen LogP contribution is 2.44. The average Bonchev–Trinajstić information content (AvgIpc) is 3.10. The van der Waals surface area contributed by atoms with E-state index in [1.54, 1.807) is 4.90 Å². The maximum atomic E-state index is 11.5. The van der Waals surface area contributed by atoms with E-state index in [9.17, 15) is 4.79 Å². The molecule has 0 spiro atoms. The van der Waals surface area contributed by atoms with Gasteiger partial charge < -0.3 is 15.5 Å². The van der Waals surface area contributed by atoms with Crippen LogP contribution < -0.4 is 10.6 Å². The number of hydrogen-bond donors (Lipinski definition) is 2. The molecule has 1 aliphatic heterocycles. The van der Waals surface area contributed by atoms with Crippen molar-refractivity contribution in [1.29, 1.82) is 0 Å². The molecule has 1 saturated carbocycles. The molecule has 2 fully saturated rings. The Morgan fingerprint density at radius 1 is 1.50 bits per heavy atom. The molecule has 0 bridgehead atoms. The Balaban J connectivity index is 0.00000200. The van der Waals surface area contributed by atoms with Crippen LogP contribution in [-0.4, -0.2) is 49.5 Å². The number of halogens is 1. The summed E-state index contributed by atoms with van der Waals surface area (Å²) in [6, 6.07) is 0.313. The van der Waals surface area contributed by atoms with Crippen molar-refractivity contribution >= 4 is 35.8 Å². The van der Waals surface area contributed by atoms with Crippen molar-refractivity contribution in [3.8, 4) is 0 Å². The number of hydrogen-bond acceptors (Lipinski definition) is 2. The Labute approximate surface area is 139 Å². The molecule has 1 aliphatic carbocycles. The summed E-state index contributed by atoms with van der Waals surface area (Å²) in [4.78, 5) is 17.9. The fourth-order valence-corrected chi connectivity index (χ4v) is 2.28. The van der Waals surface area contributed by atoms with Crippen molar-refractivity contribution in [3.05, 3.63) is 0 Å². The van der Waals surface area contributed by atoms with Gasteiger partial charge in [0.1, 0.15) is 0 Å². The first-order valence-corrected chi connectivity index (χ1v) is 7.31. The first kappa shape index (κ1) is 17.5. The number of piperidine rings is 1. The van der Waals surface area contributed by atoms with Gasteiger partial charge in [-0.25, -0.2) is 0 Å². The number of amides is 1. The van der Waals surface area contributed by atoms with Crippen molar-refractivity contribution in [1.82, 2.24) is 15.5 Å². The van der Waals surface area contributed by atoms with Crippen LogP contribution >= 0.6 is 24.0 Å². The van der Waals surface area contributed by atoms with Gasteiger partial charge in [-0.05, 0) is 31.6 Å². The summed E-state index contributed by atoms with van der Waals surface area (Å²) < 4.78 is 0. The summed E-state index contributed by atoms with van der Waals surface area (Å²) in [5.74, 6) is 1.13. The molecule has 5 nitrogen and oxygen atoms in total. The van der Waals surface area contributed by atoms with Crippen LogP contribution in [0.5, 0.6) is 0 Å². The van der Waals surface area contributed by atoms with Gasteiger partial charge in [-0.2, -0.15) is 0 Å². The molecule has 2 rings (SSSR count). The third kappa shape index (κ3) is 5.10. The van der Waals surface area contributed by atoms with Crippen molar-refractivity contribution in [2.24, 2.45) is 10.4 Å². The second-order valence-corrected chi connectivity index (χ2v) is 6.16. The summed E-state index contributed by atoms with van der Waals surface area (Å²) in [6.07, 6.45) is 4.10. The lowest BCUT2D eigenvalue weighted by atomic mass is 10.1. The Kier molecular flexibility index (Phi) is 6.54. The van der Waals surface area contributed by atoms with Crippen LogP contribution in [0, 0.1) is 5.41 Å². The van der Waals surface area contributed by atoms with Crippen molar-refractivity contribution in [2.45, 2.75) is 45.6 Å². The molecule has 116 valence electrons. The van der Waals surface area contributed by atoms with Gasteiger partial charge in [0.05, 0.1) is 0 Å². The van der Waals surface area contributed by atoms with Crippen LogP contribution in [0.3, 0.4) is 0 Å². The molecular formula is C14H27IN4O. The molecule has 20 heavy (non-hydrogen) atoms. The van der Waals surface area contributed by atoms with E-state index in [-0.39, 0.29) is 29.9 Å². The fraction of sp³-hybridized carbons (Fsp3) is 0.857. The minimum atomic E-state index is 0. The van der Waals surface area contributed by atoms with Crippen molar-refractivity contribution in [3.63, 3.8) is 0 Å². The van der Waals surface area contributed by atoms with Crippen molar-refractivity contribution in [2.75, 3.05) is 26.7 Å². The second kappa shape index (κ2) is 7.47. The lowest BCUT2D eigenvalue weighted by Gasteiger charge is -2.31. The zero-order chi connectivity index (χ0) is 13.9. The number of nitrogens with zero attached hydrogens (tertiary/aromatic N) is 2. The van der Waals surface area contributed by atoms with E-state index >= 15 is 0 Å². The molecule has 1 saturated heterocycles. The minimum Gasteiger partial charge on any atom is -0.357 e. The predicted octanol–water partition coefficient (Wildman–Crippen LogP) is 1.58. The van der Waals surface area contributed by atoms with Crippen LogP contribution in [0.2, 0.25) is 0 Å². The molecule has 2 aliphatic rings. The lowest BCUT2D eigenvalue weighted by Crippen LogP contribution is -2.51. The maximum absolute atomic E-state index is 11.5. The smallest absolute Gasteiger partial charge is 0.222 e. The maximum Gasteiger partial charge on any atom is 0.222 e. The largest absolute Gasteiger partial charge is 0.357 e. The molecule has 0 radical (unpaired) electrons. The van der Waals surface area contributed by atoms with Crippen LogP contribution in [0.15, 0.2) is 4.99 Å². The number of likely N-dealkylation sites (tertiary alicyclic amines) is 1. The number of nitrogens with one attached hydrogen (secondary N) is 2. The molecule has 1 heterocycles. The SMILES string of the molecule is CCNC(=NCC1(C)CC1)NC1CCC(=O)N(C)C1.I. The van der Waals surface area contributed by atoms with Crippen LogP contribution in [-0.2, 0) is 4.79 Å². The molecule has 6 heteroatoms. The molecule has 0 aromatic rings. The molecule has 1 atom stereocenters. The first-order chi connectivity index (χ1) is 9.02. The highest BCUT2D eigenvalue weighted by atomic mass is 127. The van der Waals surface area contributed by atoms with Gasteiger partial charge in [0.25, 0.3) is 0 Å². The quantitative estimate of drug-likeness (QED) is 0.433. The van der Waals surface area contributed by atoms with Gasteiger partial charge in [0, 0.05) is 39.1 Å². The average molecular weight is 394 g/mol. The van der Waals surface area contributed by atoms with Gasteiger partial charge in [-0.1, -0.05) is 6.92 Å². The van der Waals surface area contributed by atoms with Crippen LogP contribution in [0.25, 0.3) is 0 Å². The Hall–Kier alpha value is -0.530. The summed E-state index contributed by atoms with van der Waals surface area (Å²) in [5, 5.41) is 6.74. The Morgan fingerprint density at radius 2 is 2.20 bits per heavy atom. The third-order valence-electron chi connectivity index (χ3n) is 4.03. The van der Waals surface area contributed by atoms with Crippen molar-refractivity contribution < 1.29 is 4.79 Å². The van der Waals surface area contributed by atoms with Gasteiger partial charge in [-0.3, -0.25) is 9.79 Å². The van der Waals surface area contributed by atoms with E-state index in [4.69, 9.17) is 0 Å². The van der Waals surface area contributed by atoms with Gasteiger partial charge >= 0.3 is 0 Å². The number of carbonyl (C=O) groups excluding carboxylic acids is 1. The van der Waals surface area contributed by atoms with E-state index in [0.29, 0.717) is 17.9 Å². The van der Waals surface area contributed by atoms with Crippen LogP contribution in [0.1, 0.15) is 39.5 Å². The molecule has 0 aromatic carbocycles. The summed E-state index contributed by atoms with van der Waals surface area (Å²) in [6.45, 7) is 6.88. The van der Waals surface area contributed by atoms with Gasteiger partial charge in [-0.15, -0.1) is 24.0 Å². The molecule has 1 unspecified atom stereocenters. The van der Waals surface area contributed by atoms with Crippen LogP contribution in [0.4, 0.5) is 0 Å². The standard InChI is InChI=1S/C14H26N4O.HI/c1-4-15-13(16-10-14(2)7-8-14)17-11-5-6-12(19)18(3)9-11;/h11H,4-10H2,1-3H3,(H2,15,16,17);1H. The summed E-state index contributed by atoms with van der Waals surface area (Å²) >= 11 is 0. The molecular weight excluding hydrogens is 367 g/mol. The van der Waals surface area contributed by atoms with E-state index in [1.165, 1.54) is 12.8 Å². The monoisotopic (exact) mass is 394 g/mol. The number of aliphatic imine (C=N–C) groups is 1.